The topological polar surface area (TPSA) is 39.1 Å². The van der Waals surface area contributed by atoms with E-state index in [0.29, 0.717) is 0 Å². The molecule has 0 saturated carbocycles. The van der Waals surface area contributed by atoms with Gasteiger partial charge in [-0.3, -0.25) is 0 Å². The summed E-state index contributed by atoms with van der Waals surface area (Å²) in [5.74, 6) is 0. The molecule has 1 aromatic carbocycles. The number of nitriles is 1. The first-order valence-electron chi connectivity index (χ1n) is 7.16. The van der Waals surface area contributed by atoms with Gasteiger partial charge in [-0.1, -0.05) is 19.1 Å². The summed E-state index contributed by atoms with van der Waals surface area (Å²) in [6.45, 7) is 7.46. The molecule has 0 spiro atoms. The van der Waals surface area contributed by atoms with E-state index in [1.165, 1.54) is 12.0 Å². The van der Waals surface area contributed by atoms with Gasteiger partial charge in [-0.15, -0.1) is 0 Å². The van der Waals surface area contributed by atoms with Crippen LogP contribution in [0.2, 0.25) is 0 Å². The predicted octanol–water partition coefficient (Wildman–Crippen LogP) is 3.18. The fourth-order valence-corrected chi connectivity index (χ4v) is 2.74. The summed E-state index contributed by atoms with van der Waals surface area (Å²) in [7, 11) is 0. The number of nitrogens with one attached hydrogen (secondary N) is 1. The zero-order valence-electron chi connectivity index (χ0n) is 11.9. The van der Waals surface area contributed by atoms with Crippen LogP contribution in [0.15, 0.2) is 24.3 Å². The van der Waals surface area contributed by atoms with Crippen molar-refractivity contribution in [2.24, 2.45) is 0 Å². The number of hydrogen-bond acceptors (Lipinski definition) is 3. The second-order valence-corrected chi connectivity index (χ2v) is 5.53. The molecule has 1 fully saturated rings. The van der Waals surface area contributed by atoms with Gasteiger partial charge in [-0.25, -0.2) is 0 Å². The third-order valence-electron chi connectivity index (χ3n) is 3.87. The minimum atomic E-state index is -0.391. The maximum atomic E-state index is 9.56. The molecule has 102 valence electrons. The first kappa shape index (κ1) is 13.9. The second kappa shape index (κ2) is 6.08. The highest BCUT2D eigenvalue weighted by atomic mass is 15.2. The monoisotopic (exact) mass is 257 g/mol. The Bertz CT molecular complexity index is 453. The van der Waals surface area contributed by atoms with E-state index in [-0.39, 0.29) is 0 Å². The van der Waals surface area contributed by atoms with Crippen molar-refractivity contribution < 1.29 is 0 Å². The highest BCUT2D eigenvalue weighted by Crippen LogP contribution is 2.27. The van der Waals surface area contributed by atoms with Crippen LogP contribution < -0.4 is 5.32 Å². The van der Waals surface area contributed by atoms with Crippen LogP contribution in [0.3, 0.4) is 0 Å². The molecule has 1 aromatic rings. The number of nitrogens with zero attached hydrogens (tertiary/aromatic N) is 2. The molecule has 1 saturated heterocycles. The quantitative estimate of drug-likeness (QED) is 0.900. The van der Waals surface area contributed by atoms with Crippen molar-refractivity contribution in [3.63, 3.8) is 0 Å². The van der Waals surface area contributed by atoms with Crippen LogP contribution in [0, 0.1) is 18.3 Å². The molecular formula is C16H23N3. The van der Waals surface area contributed by atoms with E-state index in [0.717, 1.165) is 38.2 Å². The van der Waals surface area contributed by atoms with E-state index >= 15 is 0 Å². The van der Waals surface area contributed by atoms with Gasteiger partial charge in [-0.2, -0.15) is 5.26 Å². The van der Waals surface area contributed by atoms with Gasteiger partial charge >= 0.3 is 0 Å². The van der Waals surface area contributed by atoms with E-state index < -0.39 is 5.54 Å². The van der Waals surface area contributed by atoms with Gasteiger partial charge in [0.2, 0.25) is 0 Å². The Labute approximate surface area is 116 Å². The van der Waals surface area contributed by atoms with Crippen molar-refractivity contribution in [1.82, 2.24) is 4.90 Å². The number of piperidine rings is 1. The van der Waals surface area contributed by atoms with Gasteiger partial charge in [0.1, 0.15) is 5.54 Å². The fraction of sp³-hybridized carbons (Fsp3) is 0.562. The van der Waals surface area contributed by atoms with Gasteiger partial charge < -0.3 is 10.2 Å². The lowest BCUT2D eigenvalue weighted by Crippen LogP contribution is -2.48. The maximum Gasteiger partial charge on any atom is 0.127 e. The zero-order chi connectivity index (χ0) is 13.7. The van der Waals surface area contributed by atoms with Gasteiger partial charge in [0.05, 0.1) is 6.07 Å². The van der Waals surface area contributed by atoms with Crippen LogP contribution in [0.1, 0.15) is 31.7 Å². The number of rotatable bonds is 4. The van der Waals surface area contributed by atoms with Crippen molar-refractivity contribution in [1.29, 1.82) is 5.26 Å². The number of aryl methyl sites for hydroxylation is 1. The Kier molecular flexibility index (Phi) is 4.44. The van der Waals surface area contributed by atoms with E-state index in [2.05, 4.69) is 42.3 Å². The van der Waals surface area contributed by atoms with Crippen LogP contribution in [0.5, 0.6) is 0 Å². The summed E-state index contributed by atoms with van der Waals surface area (Å²) in [4.78, 5) is 2.45. The van der Waals surface area contributed by atoms with E-state index in [1.54, 1.807) is 0 Å². The van der Waals surface area contributed by atoms with Crippen LogP contribution >= 0.6 is 0 Å². The molecule has 0 amide bonds. The largest absolute Gasteiger partial charge is 0.367 e. The number of anilines is 1. The van der Waals surface area contributed by atoms with Gasteiger partial charge in [-0.05, 0) is 50.4 Å². The minimum absolute atomic E-state index is 0.391. The average Bonchev–Trinajstić information content (AvgIpc) is 2.42. The van der Waals surface area contributed by atoms with Gasteiger partial charge in [0, 0.05) is 18.8 Å². The SMILES string of the molecule is CCCN1CCC(C#N)(Nc2cccc(C)c2)CC1. The van der Waals surface area contributed by atoms with E-state index in [9.17, 15) is 5.26 Å². The maximum absolute atomic E-state index is 9.56. The molecule has 0 aromatic heterocycles. The molecule has 1 heterocycles. The lowest BCUT2D eigenvalue weighted by molar-refractivity contribution is 0.197. The summed E-state index contributed by atoms with van der Waals surface area (Å²) in [6, 6.07) is 10.8. The molecule has 19 heavy (non-hydrogen) atoms. The predicted molar refractivity (Wildman–Crippen MR) is 79.1 cm³/mol. The van der Waals surface area contributed by atoms with E-state index in [1.807, 2.05) is 12.1 Å². The highest BCUT2D eigenvalue weighted by Gasteiger charge is 2.34. The van der Waals surface area contributed by atoms with Crippen LogP contribution in [0.25, 0.3) is 0 Å². The molecule has 3 nitrogen and oxygen atoms in total. The molecule has 1 aliphatic rings. The summed E-state index contributed by atoms with van der Waals surface area (Å²) in [5.41, 5.74) is 1.89. The number of hydrogen-bond donors (Lipinski definition) is 1. The molecule has 3 heteroatoms. The molecule has 1 aliphatic heterocycles. The van der Waals surface area contributed by atoms with Gasteiger partial charge in [0.15, 0.2) is 0 Å². The van der Waals surface area contributed by atoms with Crippen LogP contribution in [-0.4, -0.2) is 30.1 Å². The summed E-state index contributed by atoms with van der Waals surface area (Å²) in [5, 5.41) is 13.0. The van der Waals surface area contributed by atoms with Crippen LogP contribution in [-0.2, 0) is 0 Å². The fourth-order valence-electron chi connectivity index (χ4n) is 2.74. The van der Waals surface area contributed by atoms with Crippen molar-refractivity contribution in [3.8, 4) is 6.07 Å². The molecular weight excluding hydrogens is 234 g/mol. The van der Waals surface area contributed by atoms with Gasteiger partial charge in [0.25, 0.3) is 0 Å². The third-order valence-corrected chi connectivity index (χ3v) is 3.87. The first-order chi connectivity index (χ1) is 9.17. The molecule has 0 aliphatic carbocycles. The second-order valence-electron chi connectivity index (χ2n) is 5.53. The number of benzene rings is 1. The van der Waals surface area contributed by atoms with Crippen LogP contribution in [0.4, 0.5) is 5.69 Å². The molecule has 0 atom stereocenters. The van der Waals surface area contributed by atoms with Crippen molar-refractivity contribution in [2.45, 2.75) is 38.6 Å². The van der Waals surface area contributed by atoms with Crippen molar-refractivity contribution in [2.75, 3.05) is 25.0 Å². The summed E-state index contributed by atoms with van der Waals surface area (Å²) >= 11 is 0. The lowest BCUT2D eigenvalue weighted by atomic mass is 9.88. The first-order valence-corrected chi connectivity index (χ1v) is 7.16. The Hall–Kier alpha value is -1.53. The Balaban J connectivity index is 2.03. The normalized spacial score (nSPS) is 18.8. The Morgan fingerprint density at radius 2 is 2.11 bits per heavy atom. The zero-order valence-corrected chi connectivity index (χ0v) is 11.9. The number of likely N-dealkylation sites (tertiary alicyclic amines) is 1. The standard InChI is InChI=1S/C16H23N3/c1-3-9-19-10-7-16(13-17,8-11-19)18-15-6-4-5-14(2)12-15/h4-6,12,18H,3,7-11H2,1-2H3. The highest BCUT2D eigenvalue weighted by molar-refractivity contribution is 5.49. The molecule has 1 N–H and O–H groups in total. The average molecular weight is 257 g/mol. The molecule has 0 radical (unpaired) electrons. The minimum Gasteiger partial charge on any atom is -0.367 e. The summed E-state index contributed by atoms with van der Waals surface area (Å²) in [6.07, 6.45) is 2.99. The van der Waals surface area contributed by atoms with Crippen molar-refractivity contribution in [3.05, 3.63) is 29.8 Å². The molecule has 2 rings (SSSR count). The van der Waals surface area contributed by atoms with Crippen molar-refractivity contribution >= 4 is 5.69 Å². The molecule has 0 unspecified atom stereocenters. The Morgan fingerprint density at radius 1 is 1.37 bits per heavy atom. The summed E-state index contributed by atoms with van der Waals surface area (Å²) < 4.78 is 0. The van der Waals surface area contributed by atoms with E-state index in [4.69, 9.17) is 0 Å². The smallest absolute Gasteiger partial charge is 0.127 e. The lowest BCUT2D eigenvalue weighted by Gasteiger charge is -2.38. The Morgan fingerprint density at radius 3 is 2.68 bits per heavy atom. The third kappa shape index (κ3) is 3.48. The molecule has 0 bridgehead atoms.